The molecule has 0 aliphatic rings. The van der Waals surface area contributed by atoms with Crippen molar-refractivity contribution in [2.45, 2.75) is 0 Å². The number of fused-ring (bicyclic) bond motifs is 7. The summed E-state index contributed by atoms with van der Waals surface area (Å²) in [6.45, 7) is 0. The van der Waals surface area contributed by atoms with Crippen LogP contribution in [0.25, 0.3) is 88.6 Å². The smallest absolute Gasteiger partial charge is 0.0789 e. The molecule has 3 heteroatoms. The van der Waals surface area contributed by atoms with E-state index in [0.29, 0.717) is 0 Å². The lowest BCUT2D eigenvalue weighted by Gasteiger charge is -2.17. The van der Waals surface area contributed by atoms with Crippen molar-refractivity contribution in [3.8, 4) is 45.0 Å². The first-order valence-electron chi connectivity index (χ1n) is 17.1. The molecule has 0 bridgehead atoms. The van der Waals surface area contributed by atoms with E-state index in [0.717, 1.165) is 50.5 Å². The minimum Gasteiger partial charge on any atom is -0.307 e. The van der Waals surface area contributed by atoms with Crippen LogP contribution >= 0.6 is 0 Å². The van der Waals surface area contributed by atoms with E-state index in [-0.39, 0.29) is 0 Å². The number of hydrogen-bond acceptors (Lipinski definition) is 1. The van der Waals surface area contributed by atoms with Crippen LogP contribution in [-0.4, -0.2) is 14.1 Å². The van der Waals surface area contributed by atoms with Crippen LogP contribution in [0.5, 0.6) is 0 Å². The highest BCUT2D eigenvalue weighted by atomic mass is 15.0. The zero-order chi connectivity index (χ0) is 33.0. The maximum absolute atomic E-state index is 5.37. The molecular weight excluding hydrogens is 607 g/mol. The standard InChI is InChI=1S/C47H31N3/c1-4-16-32(17-5-1)34-30-41(33-18-6-2-7-19-33)48-42(31-34)40-24-12-15-27-45(40)50-44-26-14-11-23-37(44)39-29-28-38-36-22-10-13-25-43(36)49(46(38)47(39)50)35-20-8-3-9-21-35/h1-31H. The summed E-state index contributed by atoms with van der Waals surface area (Å²) in [6, 6.07) is 67.2. The van der Waals surface area contributed by atoms with Gasteiger partial charge in [-0.3, -0.25) is 0 Å². The van der Waals surface area contributed by atoms with Crippen LogP contribution in [0.15, 0.2) is 188 Å². The van der Waals surface area contributed by atoms with Gasteiger partial charge in [0.2, 0.25) is 0 Å². The number of nitrogens with zero attached hydrogens (tertiary/aromatic N) is 3. The summed E-state index contributed by atoms with van der Waals surface area (Å²) in [5.74, 6) is 0. The van der Waals surface area contributed by atoms with Gasteiger partial charge in [-0.25, -0.2) is 4.98 Å². The van der Waals surface area contributed by atoms with E-state index in [1.54, 1.807) is 0 Å². The molecule has 3 nitrogen and oxygen atoms in total. The number of rotatable bonds is 5. The summed E-state index contributed by atoms with van der Waals surface area (Å²) in [4.78, 5) is 5.37. The third-order valence-electron chi connectivity index (χ3n) is 9.91. The summed E-state index contributed by atoms with van der Waals surface area (Å²) < 4.78 is 4.91. The number of benzene rings is 7. The first kappa shape index (κ1) is 28.3. The Morgan fingerprint density at radius 1 is 0.340 bits per heavy atom. The summed E-state index contributed by atoms with van der Waals surface area (Å²) in [6.07, 6.45) is 0. The second-order valence-electron chi connectivity index (χ2n) is 12.8. The fraction of sp³-hybridized carbons (Fsp3) is 0. The average molecular weight is 638 g/mol. The Hall–Kier alpha value is -6.71. The summed E-state index contributed by atoms with van der Waals surface area (Å²) in [5, 5.41) is 4.91. The van der Waals surface area contributed by atoms with Crippen molar-refractivity contribution in [3.05, 3.63) is 188 Å². The average Bonchev–Trinajstić information content (AvgIpc) is 3.72. The van der Waals surface area contributed by atoms with Crippen molar-refractivity contribution < 1.29 is 0 Å². The topological polar surface area (TPSA) is 22.8 Å². The molecule has 7 aromatic carbocycles. The molecule has 0 aliphatic carbocycles. The molecule has 3 aromatic heterocycles. The highest BCUT2D eigenvalue weighted by Crippen LogP contribution is 2.43. The first-order valence-corrected chi connectivity index (χ1v) is 17.1. The third kappa shape index (κ3) is 4.41. The normalized spacial score (nSPS) is 11.6. The Morgan fingerprint density at radius 2 is 0.840 bits per heavy atom. The number of para-hydroxylation sites is 4. The second kappa shape index (κ2) is 11.5. The predicted octanol–water partition coefficient (Wildman–Crippen LogP) is 12.3. The lowest BCUT2D eigenvalue weighted by Crippen LogP contribution is -2.01. The third-order valence-corrected chi connectivity index (χ3v) is 9.91. The highest BCUT2D eigenvalue weighted by molar-refractivity contribution is 6.24. The maximum Gasteiger partial charge on any atom is 0.0789 e. The van der Waals surface area contributed by atoms with Crippen LogP contribution in [0.4, 0.5) is 0 Å². The van der Waals surface area contributed by atoms with Gasteiger partial charge in [-0.2, -0.15) is 0 Å². The molecule has 0 saturated carbocycles. The second-order valence-corrected chi connectivity index (χ2v) is 12.8. The van der Waals surface area contributed by atoms with Gasteiger partial charge in [0.05, 0.1) is 39.1 Å². The van der Waals surface area contributed by atoms with Crippen molar-refractivity contribution in [2.24, 2.45) is 0 Å². The van der Waals surface area contributed by atoms with E-state index >= 15 is 0 Å². The van der Waals surface area contributed by atoms with Gasteiger partial charge in [-0.1, -0.05) is 146 Å². The van der Waals surface area contributed by atoms with E-state index < -0.39 is 0 Å². The Bertz CT molecular complexity index is 2790. The lowest BCUT2D eigenvalue weighted by molar-refractivity contribution is 1.15. The van der Waals surface area contributed by atoms with Gasteiger partial charge in [-0.15, -0.1) is 0 Å². The van der Waals surface area contributed by atoms with E-state index in [1.165, 1.54) is 38.1 Å². The molecule has 0 atom stereocenters. The zero-order valence-electron chi connectivity index (χ0n) is 27.2. The van der Waals surface area contributed by atoms with E-state index in [4.69, 9.17) is 4.98 Å². The molecule has 50 heavy (non-hydrogen) atoms. The van der Waals surface area contributed by atoms with Crippen LogP contribution < -0.4 is 0 Å². The Kier molecular flexibility index (Phi) is 6.49. The lowest BCUT2D eigenvalue weighted by atomic mass is 9.99. The van der Waals surface area contributed by atoms with Crippen molar-refractivity contribution in [1.29, 1.82) is 0 Å². The van der Waals surface area contributed by atoms with E-state index in [2.05, 4.69) is 197 Å². The molecule has 234 valence electrons. The van der Waals surface area contributed by atoms with Crippen LogP contribution in [0, 0.1) is 0 Å². The minimum absolute atomic E-state index is 0.933. The van der Waals surface area contributed by atoms with Crippen molar-refractivity contribution in [1.82, 2.24) is 14.1 Å². The quantitative estimate of drug-likeness (QED) is 0.184. The monoisotopic (exact) mass is 637 g/mol. The van der Waals surface area contributed by atoms with E-state index in [9.17, 15) is 0 Å². The van der Waals surface area contributed by atoms with Crippen LogP contribution in [0.1, 0.15) is 0 Å². The molecule has 0 spiro atoms. The molecule has 3 heterocycles. The Morgan fingerprint density at radius 3 is 1.52 bits per heavy atom. The molecule has 0 saturated heterocycles. The summed E-state index contributed by atoms with van der Waals surface area (Å²) in [7, 11) is 0. The van der Waals surface area contributed by atoms with Gasteiger partial charge < -0.3 is 9.13 Å². The molecule has 0 aliphatic heterocycles. The fourth-order valence-corrected chi connectivity index (χ4v) is 7.70. The molecule has 0 N–H and O–H groups in total. The van der Waals surface area contributed by atoms with Crippen LogP contribution in [-0.2, 0) is 0 Å². The van der Waals surface area contributed by atoms with Gasteiger partial charge in [0.15, 0.2) is 0 Å². The van der Waals surface area contributed by atoms with Gasteiger partial charge >= 0.3 is 0 Å². The first-order chi connectivity index (χ1) is 24.8. The predicted molar refractivity (Wildman–Crippen MR) is 209 cm³/mol. The number of aromatic nitrogens is 3. The van der Waals surface area contributed by atoms with Crippen molar-refractivity contribution >= 4 is 43.6 Å². The SMILES string of the molecule is c1ccc(-c2cc(-c3ccccc3)nc(-c3ccccc3-n3c4ccccc4c4ccc5c6ccccc6n(-c6ccccc6)c5c43)c2)cc1. The van der Waals surface area contributed by atoms with Gasteiger partial charge in [0, 0.05) is 38.4 Å². The van der Waals surface area contributed by atoms with Gasteiger partial charge in [0.25, 0.3) is 0 Å². The molecule has 0 fully saturated rings. The molecule has 10 rings (SSSR count). The summed E-state index contributed by atoms with van der Waals surface area (Å²) >= 11 is 0. The zero-order valence-corrected chi connectivity index (χ0v) is 27.2. The Labute approximate surface area is 290 Å². The minimum atomic E-state index is 0.933. The number of hydrogen-bond donors (Lipinski definition) is 0. The maximum atomic E-state index is 5.37. The van der Waals surface area contributed by atoms with Crippen molar-refractivity contribution in [2.75, 3.05) is 0 Å². The van der Waals surface area contributed by atoms with Crippen LogP contribution in [0.2, 0.25) is 0 Å². The van der Waals surface area contributed by atoms with Gasteiger partial charge in [0.1, 0.15) is 0 Å². The van der Waals surface area contributed by atoms with Crippen LogP contribution in [0.3, 0.4) is 0 Å². The largest absolute Gasteiger partial charge is 0.307 e. The molecule has 10 aromatic rings. The highest BCUT2D eigenvalue weighted by Gasteiger charge is 2.23. The van der Waals surface area contributed by atoms with Crippen molar-refractivity contribution in [3.63, 3.8) is 0 Å². The number of pyridine rings is 1. The Balaban J connectivity index is 1.33. The molecule has 0 radical (unpaired) electrons. The fourth-order valence-electron chi connectivity index (χ4n) is 7.70. The molecule has 0 amide bonds. The van der Waals surface area contributed by atoms with Gasteiger partial charge in [-0.05, 0) is 53.6 Å². The van der Waals surface area contributed by atoms with E-state index in [1.807, 2.05) is 0 Å². The molecule has 0 unspecified atom stereocenters. The molecular formula is C47H31N3. The summed E-state index contributed by atoms with van der Waals surface area (Å²) in [5.41, 5.74) is 13.3.